The Bertz CT molecular complexity index is 412. The highest BCUT2D eigenvalue weighted by Crippen LogP contribution is 2.08. The predicted molar refractivity (Wildman–Crippen MR) is 63.9 cm³/mol. The van der Waals surface area contributed by atoms with Gasteiger partial charge in [-0.1, -0.05) is 0 Å². The summed E-state index contributed by atoms with van der Waals surface area (Å²) in [4.78, 5) is 20.0. The van der Waals surface area contributed by atoms with Crippen molar-refractivity contribution in [1.29, 1.82) is 5.41 Å². The summed E-state index contributed by atoms with van der Waals surface area (Å²) in [5.41, 5.74) is 5.08. The topological polar surface area (TPSA) is 98.9 Å². The molecule has 0 amide bonds. The van der Waals surface area contributed by atoms with Crippen molar-refractivity contribution in [1.82, 2.24) is 9.97 Å². The Morgan fingerprint density at radius 3 is 2.88 bits per heavy atom. The van der Waals surface area contributed by atoms with Crippen molar-refractivity contribution < 1.29 is 0 Å². The van der Waals surface area contributed by atoms with Crippen LogP contribution in [0, 0.1) is 5.41 Å². The molecular weight excluding hydrogens is 206 g/mol. The van der Waals surface area contributed by atoms with Crippen LogP contribution >= 0.6 is 0 Å². The van der Waals surface area contributed by atoms with Gasteiger partial charge in [-0.25, -0.2) is 4.98 Å². The molecule has 1 aromatic heterocycles. The summed E-state index contributed by atoms with van der Waals surface area (Å²) in [5.74, 6) is 0.483. The first-order valence-corrected chi connectivity index (χ1v) is 5.15. The minimum absolute atomic E-state index is 0.109. The quantitative estimate of drug-likeness (QED) is 0.494. The summed E-state index contributed by atoms with van der Waals surface area (Å²) in [6, 6.07) is 0.135. The number of aromatic amines is 1. The van der Waals surface area contributed by atoms with Gasteiger partial charge < -0.3 is 15.6 Å². The van der Waals surface area contributed by atoms with E-state index in [-0.39, 0.29) is 17.4 Å². The highest BCUT2D eigenvalue weighted by Gasteiger charge is 2.14. The molecule has 0 unspecified atom stereocenters. The van der Waals surface area contributed by atoms with Crippen LogP contribution in [0.5, 0.6) is 0 Å². The lowest BCUT2D eigenvalue weighted by molar-refractivity contribution is 0.673. The van der Waals surface area contributed by atoms with E-state index in [0.29, 0.717) is 18.8 Å². The van der Waals surface area contributed by atoms with Crippen molar-refractivity contribution in [3.05, 3.63) is 22.7 Å². The molecule has 0 saturated carbocycles. The van der Waals surface area contributed by atoms with Crippen LogP contribution in [0.15, 0.2) is 17.2 Å². The second-order valence-electron chi connectivity index (χ2n) is 3.80. The van der Waals surface area contributed by atoms with Crippen molar-refractivity contribution in [2.24, 2.45) is 5.73 Å². The van der Waals surface area contributed by atoms with Crippen molar-refractivity contribution in [3.63, 3.8) is 0 Å². The van der Waals surface area contributed by atoms with Crippen molar-refractivity contribution in [2.45, 2.75) is 26.3 Å². The highest BCUT2D eigenvalue weighted by molar-refractivity contribution is 5.77. The van der Waals surface area contributed by atoms with E-state index in [2.05, 4.69) is 9.97 Å². The third-order valence-electron chi connectivity index (χ3n) is 2.21. The van der Waals surface area contributed by atoms with Crippen LogP contribution in [0.25, 0.3) is 0 Å². The zero-order valence-corrected chi connectivity index (χ0v) is 9.53. The Labute approximate surface area is 94.0 Å². The van der Waals surface area contributed by atoms with Crippen LogP contribution in [-0.4, -0.2) is 28.4 Å². The fraction of sp³-hybridized carbons (Fsp3) is 0.500. The van der Waals surface area contributed by atoms with Gasteiger partial charge in [-0.3, -0.25) is 10.2 Å². The molecule has 0 aliphatic carbocycles. The third kappa shape index (κ3) is 3.08. The molecule has 0 bridgehead atoms. The fourth-order valence-electron chi connectivity index (χ4n) is 1.40. The average Bonchev–Trinajstić information content (AvgIpc) is 2.20. The van der Waals surface area contributed by atoms with Gasteiger partial charge in [0.05, 0.1) is 5.84 Å². The van der Waals surface area contributed by atoms with Crippen LogP contribution in [0.4, 0.5) is 5.82 Å². The zero-order chi connectivity index (χ0) is 12.1. The first kappa shape index (κ1) is 12.2. The van der Waals surface area contributed by atoms with Gasteiger partial charge in [-0.15, -0.1) is 0 Å². The van der Waals surface area contributed by atoms with Gasteiger partial charge in [0.15, 0.2) is 5.82 Å². The van der Waals surface area contributed by atoms with Crippen LogP contribution in [-0.2, 0) is 0 Å². The van der Waals surface area contributed by atoms with E-state index in [9.17, 15) is 4.79 Å². The molecule has 0 aromatic carbocycles. The Kier molecular flexibility index (Phi) is 4.04. The van der Waals surface area contributed by atoms with Crippen LogP contribution in [0.3, 0.4) is 0 Å². The monoisotopic (exact) mass is 223 g/mol. The summed E-state index contributed by atoms with van der Waals surface area (Å²) in [6.45, 7) is 4.45. The molecule has 0 radical (unpaired) electrons. The first-order valence-electron chi connectivity index (χ1n) is 5.15. The minimum atomic E-state index is -0.222. The lowest BCUT2D eigenvalue weighted by Gasteiger charge is -2.26. The number of nitrogens with one attached hydrogen (secondary N) is 2. The van der Waals surface area contributed by atoms with E-state index in [4.69, 9.17) is 11.1 Å². The summed E-state index contributed by atoms with van der Waals surface area (Å²) in [7, 11) is 0. The molecule has 6 heteroatoms. The molecule has 88 valence electrons. The van der Waals surface area contributed by atoms with Gasteiger partial charge in [-0.05, 0) is 13.8 Å². The Hall–Kier alpha value is -1.85. The molecule has 0 fully saturated rings. The largest absolute Gasteiger partial charge is 0.388 e. The third-order valence-corrected chi connectivity index (χ3v) is 2.21. The standard InChI is InChI=1S/C10H17N5O/c1-7(2)15(6-3-8(11)12)9-10(16)14-5-4-13-9/h4-5,7H,3,6H2,1-2H3,(H3,11,12)(H,14,16). The molecule has 0 atom stereocenters. The molecule has 1 heterocycles. The summed E-state index contributed by atoms with van der Waals surface area (Å²) in [6.07, 6.45) is 3.46. The van der Waals surface area contributed by atoms with Gasteiger partial charge >= 0.3 is 0 Å². The number of hydrogen-bond donors (Lipinski definition) is 3. The van der Waals surface area contributed by atoms with Crippen LogP contribution in [0.2, 0.25) is 0 Å². The SMILES string of the molecule is CC(C)N(CCC(=N)N)c1ncc[nH]c1=O. The van der Waals surface area contributed by atoms with Crippen LogP contribution in [0.1, 0.15) is 20.3 Å². The molecule has 0 spiro atoms. The van der Waals surface area contributed by atoms with E-state index in [1.165, 1.54) is 6.20 Å². The number of aromatic nitrogens is 2. The van der Waals surface area contributed by atoms with Crippen LogP contribution < -0.4 is 16.2 Å². The van der Waals surface area contributed by atoms with Gasteiger partial charge in [0.2, 0.25) is 0 Å². The molecule has 1 aromatic rings. The summed E-state index contributed by atoms with van der Waals surface area (Å²) >= 11 is 0. The lowest BCUT2D eigenvalue weighted by Crippen LogP contribution is -2.38. The Morgan fingerprint density at radius 2 is 2.38 bits per heavy atom. The Balaban J connectivity index is 2.90. The van der Waals surface area contributed by atoms with Gasteiger partial charge in [0, 0.05) is 31.4 Å². The number of H-pyrrole nitrogens is 1. The number of amidine groups is 1. The number of hydrogen-bond acceptors (Lipinski definition) is 4. The van der Waals surface area contributed by atoms with E-state index in [1.54, 1.807) is 6.20 Å². The lowest BCUT2D eigenvalue weighted by atomic mass is 10.2. The molecule has 1 rings (SSSR count). The molecule has 0 aliphatic heterocycles. The number of anilines is 1. The highest BCUT2D eigenvalue weighted by atomic mass is 16.1. The molecular formula is C10H17N5O. The molecule has 6 nitrogen and oxygen atoms in total. The average molecular weight is 223 g/mol. The molecule has 4 N–H and O–H groups in total. The minimum Gasteiger partial charge on any atom is -0.388 e. The first-order chi connectivity index (χ1) is 7.52. The fourth-order valence-corrected chi connectivity index (χ4v) is 1.40. The van der Waals surface area contributed by atoms with Gasteiger partial charge in [-0.2, -0.15) is 0 Å². The summed E-state index contributed by atoms with van der Waals surface area (Å²) < 4.78 is 0. The number of nitrogens with two attached hydrogens (primary N) is 1. The van der Waals surface area contributed by atoms with Crippen molar-refractivity contribution in [2.75, 3.05) is 11.4 Å². The smallest absolute Gasteiger partial charge is 0.290 e. The van der Waals surface area contributed by atoms with Gasteiger partial charge in [0.25, 0.3) is 5.56 Å². The predicted octanol–water partition coefficient (Wildman–Crippen LogP) is 0.311. The maximum Gasteiger partial charge on any atom is 0.290 e. The van der Waals surface area contributed by atoms with Crippen molar-refractivity contribution in [3.8, 4) is 0 Å². The van der Waals surface area contributed by atoms with E-state index < -0.39 is 0 Å². The van der Waals surface area contributed by atoms with Gasteiger partial charge in [0.1, 0.15) is 0 Å². The normalized spacial score (nSPS) is 10.4. The van der Waals surface area contributed by atoms with E-state index in [1.807, 2.05) is 18.7 Å². The maximum atomic E-state index is 11.6. The van der Waals surface area contributed by atoms with Crippen molar-refractivity contribution >= 4 is 11.7 Å². The Morgan fingerprint density at radius 1 is 1.69 bits per heavy atom. The molecule has 0 aliphatic rings. The second-order valence-corrected chi connectivity index (χ2v) is 3.80. The van der Waals surface area contributed by atoms with E-state index >= 15 is 0 Å². The maximum absolute atomic E-state index is 11.6. The molecule has 16 heavy (non-hydrogen) atoms. The second kappa shape index (κ2) is 5.29. The molecule has 0 saturated heterocycles. The van der Waals surface area contributed by atoms with E-state index in [0.717, 1.165) is 0 Å². The number of nitrogens with zero attached hydrogens (tertiary/aromatic N) is 2. The summed E-state index contributed by atoms with van der Waals surface area (Å²) in [5, 5.41) is 7.19. The number of rotatable bonds is 5. The zero-order valence-electron chi connectivity index (χ0n) is 9.53.